The highest BCUT2D eigenvalue weighted by molar-refractivity contribution is 7.87. The molecule has 0 bridgehead atoms. The zero-order chi connectivity index (χ0) is 14.8. The summed E-state index contributed by atoms with van der Waals surface area (Å²) in [6.07, 6.45) is 1.38. The Hall–Kier alpha value is -0.960. The molecule has 0 unspecified atom stereocenters. The maximum absolute atomic E-state index is 12.1. The molecule has 0 atom stereocenters. The molecule has 2 heterocycles. The zero-order valence-electron chi connectivity index (χ0n) is 11.8. The number of aromatic nitrogens is 1. The Balaban J connectivity index is 1.91. The van der Waals surface area contributed by atoms with Crippen molar-refractivity contribution in [3.63, 3.8) is 0 Å². The van der Waals surface area contributed by atoms with E-state index in [2.05, 4.69) is 9.71 Å². The van der Waals surface area contributed by atoms with Gasteiger partial charge in [-0.2, -0.15) is 17.4 Å². The van der Waals surface area contributed by atoms with Crippen LogP contribution in [0.25, 0.3) is 0 Å². The lowest BCUT2D eigenvalue weighted by Crippen LogP contribution is -2.45. The van der Waals surface area contributed by atoms with Crippen molar-refractivity contribution in [1.29, 1.82) is 0 Å². The summed E-state index contributed by atoms with van der Waals surface area (Å²) in [6, 6.07) is 0. The maximum Gasteiger partial charge on any atom is 0.279 e. The fraction of sp³-hybridized carbons (Fsp3) is 0.750. The summed E-state index contributed by atoms with van der Waals surface area (Å²) in [4.78, 5) is 4.14. The monoisotopic (exact) mass is 303 g/mol. The van der Waals surface area contributed by atoms with E-state index >= 15 is 0 Å². The van der Waals surface area contributed by atoms with Crippen LogP contribution in [0.1, 0.15) is 30.2 Å². The van der Waals surface area contributed by atoms with Crippen molar-refractivity contribution >= 4 is 10.2 Å². The lowest BCUT2D eigenvalue weighted by molar-refractivity contribution is 0.169. The molecule has 0 saturated carbocycles. The van der Waals surface area contributed by atoms with E-state index in [4.69, 9.17) is 9.52 Å². The summed E-state index contributed by atoms with van der Waals surface area (Å²) in [5.74, 6) is 1.27. The molecule has 0 aromatic carbocycles. The molecule has 7 nitrogen and oxygen atoms in total. The molecule has 1 aromatic rings. The van der Waals surface area contributed by atoms with E-state index in [0.29, 0.717) is 37.6 Å². The average Bonchev–Trinajstić information content (AvgIpc) is 2.76. The predicted molar refractivity (Wildman–Crippen MR) is 73.1 cm³/mol. The van der Waals surface area contributed by atoms with Crippen LogP contribution >= 0.6 is 0 Å². The van der Waals surface area contributed by atoms with E-state index in [0.717, 1.165) is 5.69 Å². The van der Waals surface area contributed by atoms with Crippen LogP contribution in [0.2, 0.25) is 0 Å². The highest BCUT2D eigenvalue weighted by Crippen LogP contribution is 2.18. The van der Waals surface area contributed by atoms with E-state index in [1.807, 2.05) is 6.92 Å². The van der Waals surface area contributed by atoms with Crippen LogP contribution in [0.5, 0.6) is 0 Å². The van der Waals surface area contributed by atoms with Gasteiger partial charge in [0.05, 0.1) is 12.2 Å². The fourth-order valence-corrected chi connectivity index (χ4v) is 3.37. The molecule has 0 spiro atoms. The normalized spacial score (nSPS) is 18.6. The first kappa shape index (κ1) is 15.4. The van der Waals surface area contributed by atoms with E-state index in [1.165, 1.54) is 4.31 Å². The van der Waals surface area contributed by atoms with E-state index in [-0.39, 0.29) is 19.1 Å². The van der Waals surface area contributed by atoms with Gasteiger partial charge in [-0.25, -0.2) is 4.98 Å². The minimum Gasteiger partial charge on any atom is -0.444 e. The summed E-state index contributed by atoms with van der Waals surface area (Å²) in [6.45, 7) is 4.65. The van der Waals surface area contributed by atoms with Gasteiger partial charge in [0.25, 0.3) is 10.2 Å². The molecular weight excluding hydrogens is 282 g/mol. The van der Waals surface area contributed by atoms with Crippen molar-refractivity contribution in [3.8, 4) is 0 Å². The molecule has 2 rings (SSSR count). The number of aliphatic hydroxyl groups excluding tert-OH is 1. The van der Waals surface area contributed by atoms with Crippen LogP contribution < -0.4 is 4.72 Å². The lowest BCUT2D eigenvalue weighted by Gasteiger charge is -2.30. The third-order valence-corrected chi connectivity index (χ3v) is 5.20. The van der Waals surface area contributed by atoms with Gasteiger partial charge in [-0.05, 0) is 32.6 Å². The standard InChI is InChI=1S/C12H21N3O4S/c1-9-10(2)19-12(14-9)7-13-20(17,18)15-5-3-11(8-16)4-6-15/h11,13,16H,3-8H2,1-2H3. The van der Waals surface area contributed by atoms with Gasteiger partial charge in [0.1, 0.15) is 5.76 Å². The van der Waals surface area contributed by atoms with Crippen molar-refractivity contribution < 1.29 is 17.9 Å². The van der Waals surface area contributed by atoms with E-state index < -0.39 is 10.2 Å². The van der Waals surface area contributed by atoms with E-state index in [1.54, 1.807) is 6.92 Å². The lowest BCUT2D eigenvalue weighted by atomic mass is 10.00. The Kier molecular flexibility index (Phi) is 4.79. The molecule has 20 heavy (non-hydrogen) atoms. The summed E-state index contributed by atoms with van der Waals surface area (Å²) in [7, 11) is -3.52. The van der Waals surface area contributed by atoms with Gasteiger partial charge in [0.2, 0.25) is 5.89 Å². The predicted octanol–water partition coefficient (Wildman–Crippen LogP) is 0.330. The fourth-order valence-electron chi connectivity index (χ4n) is 2.19. The topological polar surface area (TPSA) is 95.7 Å². The second-order valence-electron chi connectivity index (χ2n) is 5.10. The van der Waals surface area contributed by atoms with Gasteiger partial charge < -0.3 is 9.52 Å². The van der Waals surface area contributed by atoms with Crippen molar-refractivity contribution in [2.45, 2.75) is 33.2 Å². The van der Waals surface area contributed by atoms with Crippen molar-refractivity contribution in [2.75, 3.05) is 19.7 Å². The van der Waals surface area contributed by atoms with Crippen LogP contribution in [-0.4, -0.2) is 42.5 Å². The maximum atomic E-state index is 12.1. The molecule has 1 saturated heterocycles. The third-order valence-electron chi connectivity index (χ3n) is 3.65. The Morgan fingerprint density at radius 1 is 1.40 bits per heavy atom. The molecule has 1 aromatic heterocycles. The average molecular weight is 303 g/mol. The molecule has 114 valence electrons. The summed E-state index contributed by atoms with van der Waals surface area (Å²) in [5, 5.41) is 9.06. The first-order valence-electron chi connectivity index (χ1n) is 6.71. The first-order valence-corrected chi connectivity index (χ1v) is 8.15. The Bertz CT molecular complexity index is 528. The molecule has 8 heteroatoms. The van der Waals surface area contributed by atoms with Crippen molar-refractivity contribution in [1.82, 2.24) is 14.0 Å². The summed E-state index contributed by atoms with van der Waals surface area (Å²) >= 11 is 0. The molecule has 1 fully saturated rings. The van der Waals surface area contributed by atoms with Crippen molar-refractivity contribution in [2.24, 2.45) is 5.92 Å². The van der Waals surface area contributed by atoms with E-state index in [9.17, 15) is 8.42 Å². The molecular formula is C12H21N3O4S. The highest BCUT2D eigenvalue weighted by atomic mass is 32.2. The number of aliphatic hydroxyl groups is 1. The van der Waals surface area contributed by atoms with Gasteiger partial charge in [0.15, 0.2) is 0 Å². The second kappa shape index (κ2) is 6.21. The molecule has 1 aliphatic rings. The highest BCUT2D eigenvalue weighted by Gasteiger charge is 2.27. The Morgan fingerprint density at radius 3 is 2.55 bits per heavy atom. The summed E-state index contributed by atoms with van der Waals surface area (Å²) in [5.41, 5.74) is 0.767. The van der Waals surface area contributed by atoms with Gasteiger partial charge in [-0.15, -0.1) is 0 Å². The van der Waals surface area contributed by atoms with Crippen LogP contribution in [-0.2, 0) is 16.8 Å². The third kappa shape index (κ3) is 3.57. The molecule has 0 aliphatic carbocycles. The SMILES string of the molecule is Cc1nc(CNS(=O)(=O)N2CCC(CO)CC2)oc1C. The Labute approximate surface area is 119 Å². The Morgan fingerprint density at radius 2 is 2.05 bits per heavy atom. The quantitative estimate of drug-likeness (QED) is 0.817. The number of nitrogens with zero attached hydrogens (tertiary/aromatic N) is 2. The molecule has 0 radical (unpaired) electrons. The number of hydrogen-bond acceptors (Lipinski definition) is 5. The van der Waals surface area contributed by atoms with Crippen LogP contribution in [0.15, 0.2) is 4.42 Å². The number of nitrogens with one attached hydrogen (secondary N) is 1. The van der Waals surface area contributed by atoms with Crippen LogP contribution in [0.4, 0.5) is 0 Å². The molecule has 1 aliphatic heterocycles. The van der Waals surface area contributed by atoms with Gasteiger partial charge in [-0.1, -0.05) is 0 Å². The van der Waals surface area contributed by atoms with Gasteiger partial charge in [0, 0.05) is 19.7 Å². The smallest absolute Gasteiger partial charge is 0.279 e. The first-order chi connectivity index (χ1) is 9.42. The van der Waals surface area contributed by atoms with Crippen LogP contribution in [0.3, 0.4) is 0 Å². The molecule has 2 N–H and O–H groups in total. The van der Waals surface area contributed by atoms with Gasteiger partial charge >= 0.3 is 0 Å². The number of aryl methyl sites for hydroxylation is 2. The summed E-state index contributed by atoms with van der Waals surface area (Å²) < 4.78 is 33.5. The number of oxazole rings is 1. The molecule has 0 amide bonds. The van der Waals surface area contributed by atoms with Crippen molar-refractivity contribution in [3.05, 3.63) is 17.3 Å². The second-order valence-corrected chi connectivity index (χ2v) is 6.86. The largest absolute Gasteiger partial charge is 0.444 e. The zero-order valence-corrected chi connectivity index (χ0v) is 12.6. The van der Waals surface area contributed by atoms with Crippen LogP contribution in [0, 0.1) is 19.8 Å². The number of piperidine rings is 1. The number of hydrogen-bond donors (Lipinski definition) is 2. The van der Waals surface area contributed by atoms with Gasteiger partial charge in [-0.3, -0.25) is 0 Å². The minimum atomic E-state index is -3.52. The minimum absolute atomic E-state index is 0.0525. The number of rotatable bonds is 5.